The molecule has 0 heterocycles. The van der Waals surface area contributed by atoms with E-state index < -0.39 is 18.2 Å². The molecule has 1 rings (SSSR count). The molecule has 0 bridgehead atoms. The molecule has 0 aliphatic rings. The molecule has 0 saturated heterocycles. The van der Waals surface area contributed by atoms with Crippen LogP contribution >= 0.6 is 0 Å². The summed E-state index contributed by atoms with van der Waals surface area (Å²) in [5.74, 6) is -0.850. The molecule has 0 aliphatic heterocycles. The van der Waals surface area contributed by atoms with Crippen molar-refractivity contribution in [3.05, 3.63) is 29.8 Å². The summed E-state index contributed by atoms with van der Waals surface area (Å²) in [6.45, 7) is 1.77. The number of ether oxygens (including phenoxy) is 1. The molecule has 88 valence electrons. The second kappa shape index (κ2) is 5.48. The molecule has 2 atom stereocenters. The third kappa shape index (κ3) is 2.95. The lowest BCUT2D eigenvalue weighted by molar-refractivity contribution is -0.159. The fraction of sp³-hybridized carbons (Fsp3) is 0.364. The van der Waals surface area contributed by atoms with Crippen molar-refractivity contribution in [1.82, 2.24) is 0 Å². The van der Waals surface area contributed by atoms with Crippen molar-refractivity contribution in [1.29, 1.82) is 0 Å². The highest BCUT2D eigenvalue weighted by molar-refractivity contribution is 5.75. The summed E-state index contributed by atoms with van der Waals surface area (Å²) in [6.07, 6.45) is -2.93. The number of esters is 1. The van der Waals surface area contributed by atoms with Crippen molar-refractivity contribution in [2.45, 2.75) is 19.1 Å². The number of carbonyl (C=O) groups is 1. The van der Waals surface area contributed by atoms with Crippen molar-refractivity contribution in [3.8, 4) is 0 Å². The smallest absolute Gasteiger partial charge is 0.338 e. The predicted molar refractivity (Wildman–Crippen MR) is 58.5 cm³/mol. The molecule has 0 fully saturated rings. The standard InChI is InChI=1S/C11H15NO4/c1-2-16-11(15)10(14)9(13)7-4-3-5-8(12)6-7/h3-6,9-10,13-14H,2,12H2,1H3. The molecular weight excluding hydrogens is 210 g/mol. The Morgan fingerprint density at radius 2 is 2.19 bits per heavy atom. The van der Waals surface area contributed by atoms with Gasteiger partial charge in [-0.2, -0.15) is 0 Å². The summed E-state index contributed by atoms with van der Waals surface area (Å²) in [5, 5.41) is 19.2. The van der Waals surface area contributed by atoms with E-state index in [1.54, 1.807) is 25.1 Å². The summed E-state index contributed by atoms with van der Waals surface area (Å²) >= 11 is 0. The molecule has 16 heavy (non-hydrogen) atoms. The zero-order chi connectivity index (χ0) is 12.1. The van der Waals surface area contributed by atoms with Crippen molar-refractivity contribution in [2.24, 2.45) is 0 Å². The average molecular weight is 225 g/mol. The van der Waals surface area contributed by atoms with Crippen molar-refractivity contribution < 1.29 is 19.7 Å². The lowest BCUT2D eigenvalue weighted by Crippen LogP contribution is -2.29. The zero-order valence-corrected chi connectivity index (χ0v) is 8.96. The molecule has 0 radical (unpaired) electrons. The van der Waals surface area contributed by atoms with Crippen LogP contribution in [0.3, 0.4) is 0 Å². The van der Waals surface area contributed by atoms with E-state index in [9.17, 15) is 15.0 Å². The summed E-state index contributed by atoms with van der Waals surface area (Å²) < 4.78 is 4.60. The van der Waals surface area contributed by atoms with E-state index in [4.69, 9.17) is 5.73 Å². The number of hydrogen-bond acceptors (Lipinski definition) is 5. The molecule has 5 heteroatoms. The molecule has 1 aromatic rings. The normalized spacial score (nSPS) is 14.2. The van der Waals surface area contributed by atoms with Gasteiger partial charge in [0.05, 0.1) is 6.61 Å². The van der Waals surface area contributed by atoms with Crippen LogP contribution < -0.4 is 5.73 Å². The average Bonchev–Trinajstić information content (AvgIpc) is 2.27. The number of rotatable bonds is 4. The summed E-state index contributed by atoms with van der Waals surface area (Å²) in [4.78, 5) is 11.2. The lowest BCUT2D eigenvalue weighted by atomic mass is 10.0. The van der Waals surface area contributed by atoms with E-state index in [1.807, 2.05) is 0 Å². The van der Waals surface area contributed by atoms with E-state index in [2.05, 4.69) is 4.74 Å². The Hall–Kier alpha value is -1.59. The maximum atomic E-state index is 11.2. The number of aliphatic hydroxyl groups excluding tert-OH is 2. The maximum absolute atomic E-state index is 11.2. The molecule has 0 amide bonds. The monoisotopic (exact) mass is 225 g/mol. The molecule has 0 saturated carbocycles. The van der Waals surface area contributed by atoms with Gasteiger partial charge in [-0.1, -0.05) is 12.1 Å². The Balaban J connectivity index is 2.77. The van der Waals surface area contributed by atoms with Crippen LogP contribution in [0.25, 0.3) is 0 Å². The van der Waals surface area contributed by atoms with Gasteiger partial charge in [-0.05, 0) is 24.6 Å². The van der Waals surface area contributed by atoms with Crippen LogP contribution in [0.15, 0.2) is 24.3 Å². The second-order valence-electron chi connectivity index (χ2n) is 3.31. The van der Waals surface area contributed by atoms with E-state index in [1.165, 1.54) is 6.07 Å². The second-order valence-corrected chi connectivity index (χ2v) is 3.31. The van der Waals surface area contributed by atoms with Crippen molar-refractivity contribution in [2.75, 3.05) is 12.3 Å². The molecule has 0 aromatic heterocycles. The van der Waals surface area contributed by atoms with Gasteiger partial charge in [-0.15, -0.1) is 0 Å². The topological polar surface area (TPSA) is 92.8 Å². The van der Waals surface area contributed by atoms with Gasteiger partial charge in [-0.25, -0.2) is 4.79 Å². The number of hydrogen-bond donors (Lipinski definition) is 3. The summed E-state index contributed by atoms with van der Waals surface area (Å²) in [6, 6.07) is 6.34. The Bertz CT molecular complexity index is 367. The first-order chi connectivity index (χ1) is 7.56. The molecule has 4 N–H and O–H groups in total. The Labute approximate surface area is 93.5 Å². The summed E-state index contributed by atoms with van der Waals surface area (Å²) in [7, 11) is 0. The number of nitrogens with two attached hydrogens (primary N) is 1. The van der Waals surface area contributed by atoms with Crippen LogP contribution in [0.4, 0.5) is 5.69 Å². The predicted octanol–water partition coefficient (Wildman–Crippen LogP) is 0.226. The Morgan fingerprint density at radius 3 is 2.75 bits per heavy atom. The quantitative estimate of drug-likeness (QED) is 0.503. The number of carbonyl (C=O) groups excluding carboxylic acids is 1. The van der Waals surface area contributed by atoms with Crippen LogP contribution in [0, 0.1) is 0 Å². The fourth-order valence-corrected chi connectivity index (χ4v) is 1.28. The first-order valence-corrected chi connectivity index (χ1v) is 4.94. The van der Waals surface area contributed by atoms with Gasteiger partial charge in [0, 0.05) is 5.69 Å². The van der Waals surface area contributed by atoms with E-state index in [-0.39, 0.29) is 6.61 Å². The number of benzene rings is 1. The van der Waals surface area contributed by atoms with Crippen LogP contribution in [0.5, 0.6) is 0 Å². The SMILES string of the molecule is CCOC(=O)C(O)C(O)c1cccc(N)c1. The molecule has 5 nitrogen and oxygen atoms in total. The minimum absolute atomic E-state index is 0.152. The van der Waals surface area contributed by atoms with Crippen LogP contribution in [0.2, 0.25) is 0 Å². The first kappa shape index (κ1) is 12.5. The molecule has 0 aliphatic carbocycles. The van der Waals surface area contributed by atoms with Crippen LogP contribution in [0.1, 0.15) is 18.6 Å². The molecule has 2 unspecified atom stereocenters. The maximum Gasteiger partial charge on any atom is 0.338 e. The first-order valence-electron chi connectivity index (χ1n) is 4.94. The van der Waals surface area contributed by atoms with E-state index in [0.717, 1.165) is 0 Å². The van der Waals surface area contributed by atoms with E-state index >= 15 is 0 Å². The highest BCUT2D eigenvalue weighted by Crippen LogP contribution is 2.19. The Kier molecular flexibility index (Phi) is 4.28. The van der Waals surface area contributed by atoms with Crippen molar-refractivity contribution >= 4 is 11.7 Å². The fourth-order valence-electron chi connectivity index (χ4n) is 1.28. The Morgan fingerprint density at radius 1 is 1.50 bits per heavy atom. The zero-order valence-electron chi connectivity index (χ0n) is 8.96. The van der Waals surface area contributed by atoms with Gasteiger partial charge >= 0.3 is 5.97 Å². The molecule has 0 spiro atoms. The lowest BCUT2D eigenvalue weighted by Gasteiger charge is -2.16. The molecule has 1 aromatic carbocycles. The van der Waals surface area contributed by atoms with Gasteiger partial charge in [0.1, 0.15) is 6.10 Å². The van der Waals surface area contributed by atoms with Crippen LogP contribution in [-0.4, -0.2) is 28.9 Å². The minimum atomic E-state index is -1.60. The van der Waals surface area contributed by atoms with Gasteiger partial charge < -0.3 is 20.7 Å². The highest BCUT2D eigenvalue weighted by atomic mass is 16.5. The highest BCUT2D eigenvalue weighted by Gasteiger charge is 2.26. The number of anilines is 1. The van der Waals surface area contributed by atoms with E-state index in [0.29, 0.717) is 11.3 Å². The van der Waals surface area contributed by atoms with Gasteiger partial charge in [0.25, 0.3) is 0 Å². The number of aliphatic hydroxyl groups is 2. The van der Waals surface area contributed by atoms with Crippen molar-refractivity contribution in [3.63, 3.8) is 0 Å². The summed E-state index contributed by atoms with van der Waals surface area (Å²) in [5.41, 5.74) is 6.35. The van der Waals surface area contributed by atoms with Gasteiger partial charge in [0.2, 0.25) is 0 Å². The minimum Gasteiger partial charge on any atom is -0.464 e. The van der Waals surface area contributed by atoms with Gasteiger partial charge in [0.15, 0.2) is 6.10 Å². The molecular formula is C11H15NO4. The van der Waals surface area contributed by atoms with Gasteiger partial charge in [-0.3, -0.25) is 0 Å². The number of nitrogen functional groups attached to an aromatic ring is 1. The third-order valence-electron chi connectivity index (χ3n) is 2.08. The third-order valence-corrected chi connectivity index (χ3v) is 2.08. The van der Waals surface area contributed by atoms with Crippen LogP contribution in [-0.2, 0) is 9.53 Å². The largest absolute Gasteiger partial charge is 0.464 e.